The largest absolute Gasteiger partial charge is 0.338 e. The molecule has 2 aromatic rings. The van der Waals surface area contributed by atoms with Gasteiger partial charge >= 0.3 is 0 Å². The molecule has 0 amide bonds. The van der Waals surface area contributed by atoms with Crippen LogP contribution in [0.5, 0.6) is 0 Å². The van der Waals surface area contributed by atoms with E-state index in [1.807, 2.05) is 0 Å². The van der Waals surface area contributed by atoms with Crippen molar-refractivity contribution < 1.29 is 8.42 Å². The number of benzene rings is 1. The van der Waals surface area contributed by atoms with Crippen LogP contribution >= 0.6 is 45.5 Å². The van der Waals surface area contributed by atoms with E-state index >= 15 is 0 Å². The van der Waals surface area contributed by atoms with Gasteiger partial charge in [0.25, 0.3) is 9.05 Å². The summed E-state index contributed by atoms with van der Waals surface area (Å²) in [5.41, 5.74) is 0.906. The third kappa shape index (κ3) is 2.80. The first-order chi connectivity index (χ1) is 7.68. The molecule has 9 heteroatoms. The van der Waals surface area contributed by atoms with Gasteiger partial charge in [0.05, 0.1) is 15.9 Å². The third-order valence-corrected chi connectivity index (χ3v) is 3.89. The second-order valence-corrected chi connectivity index (χ2v) is 8.05. The Morgan fingerprint density at radius 1 is 1.24 bits per heavy atom. The van der Waals surface area contributed by atoms with Crippen LogP contribution in [0.4, 0.5) is 0 Å². The van der Waals surface area contributed by atoms with E-state index < -0.39 is 12.8 Å². The molecule has 17 heavy (non-hydrogen) atoms. The number of alkyl halides is 3. The Morgan fingerprint density at radius 3 is 2.41 bits per heavy atom. The van der Waals surface area contributed by atoms with Gasteiger partial charge in [0.15, 0.2) is 5.82 Å². The molecule has 0 saturated carbocycles. The molecule has 92 valence electrons. The zero-order chi connectivity index (χ0) is 12.8. The Balaban J connectivity index is 2.64. The SMILES string of the molecule is O=S(=O)(Cl)c1ccc2nc(C(Cl)(Cl)Cl)[nH]c2c1. The van der Waals surface area contributed by atoms with Gasteiger partial charge in [0.1, 0.15) is 0 Å². The van der Waals surface area contributed by atoms with Crippen LogP contribution in [0, 0.1) is 0 Å². The Bertz CT molecular complexity index is 674. The van der Waals surface area contributed by atoms with Crippen molar-refractivity contribution in [1.29, 1.82) is 0 Å². The smallest absolute Gasteiger partial charge is 0.261 e. The topological polar surface area (TPSA) is 62.8 Å². The van der Waals surface area contributed by atoms with Gasteiger partial charge in [0, 0.05) is 10.7 Å². The number of nitrogens with one attached hydrogen (secondary N) is 1. The Morgan fingerprint density at radius 2 is 1.88 bits per heavy atom. The van der Waals surface area contributed by atoms with Gasteiger partial charge in [-0.15, -0.1) is 0 Å². The quantitative estimate of drug-likeness (QED) is 0.643. The molecule has 0 saturated heterocycles. The predicted molar refractivity (Wildman–Crippen MR) is 68.4 cm³/mol. The minimum atomic E-state index is -3.80. The lowest BCUT2D eigenvalue weighted by molar-refractivity contribution is 0.609. The summed E-state index contributed by atoms with van der Waals surface area (Å²) in [5.74, 6) is 0.113. The molecule has 1 heterocycles. The second-order valence-electron chi connectivity index (χ2n) is 3.20. The molecule has 0 fully saturated rings. The molecule has 0 aliphatic rings. The number of hydrogen-bond acceptors (Lipinski definition) is 3. The minimum Gasteiger partial charge on any atom is -0.338 e. The molecule has 0 radical (unpaired) electrons. The first-order valence-corrected chi connectivity index (χ1v) is 7.64. The Kier molecular flexibility index (Phi) is 3.25. The zero-order valence-electron chi connectivity index (χ0n) is 7.92. The maximum Gasteiger partial charge on any atom is 0.261 e. The number of H-pyrrole nitrogens is 1. The fourth-order valence-electron chi connectivity index (χ4n) is 1.27. The highest BCUT2D eigenvalue weighted by Gasteiger charge is 2.27. The summed E-state index contributed by atoms with van der Waals surface area (Å²) < 4.78 is 20.6. The van der Waals surface area contributed by atoms with Crippen molar-refractivity contribution in [2.45, 2.75) is 8.69 Å². The first kappa shape index (κ1) is 13.2. The highest BCUT2D eigenvalue weighted by molar-refractivity contribution is 8.13. The van der Waals surface area contributed by atoms with Gasteiger partial charge in [-0.3, -0.25) is 0 Å². The maximum atomic E-state index is 11.1. The number of fused-ring (bicyclic) bond motifs is 1. The molecule has 0 bridgehead atoms. The molecule has 0 unspecified atom stereocenters. The average Bonchev–Trinajstić information content (AvgIpc) is 2.57. The molecule has 1 N–H and O–H groups in total. The number of imidazole rings is 1. The van der Waals surface area contributed by atoms with E-state index in [0.29, 0.717) is 11.0 Å². The van der Waals surface area contributed by atoms with Crippen molar-refractivity contribution >= 4 is 65.6 Å². The van der Waals surface area contributed by atoms with Gasteiger partial charge in [0.2, 0.25) is 3.79 Å². The molecule has 4 nitrogen and oxygen atoms in total. The maximum absolute atomic E-state index is 11.1. The first-order valence-electron chi connectivity index (χ1n) is 4.19. The number of hydrogen-bond donors (Lipinski definition) is 1. The van der Waals surface area contributed by atoms with Crippen molar-refractivity contribution in [1.82, 2.24) is 9.97 Å². The van der Waals surface area contributed by atoms with E-state index in [2.05, 4.69) is 9.97 Å². The van der Waals surface area contributed by atoms with E-state index in [1.165, 1.54) is 18.2 Å². The number of aromatic nitrogens is 2. The van der Waals surface area contributed by atoms with E-state index in [1.54, 1.807) is 0 Å². The van der Waals surface area contributed by atoms with Crippen molar-refractivity contribution in [3.8, 4) is 0 Å². The van der Waals surface area contributed by atoms with Crippen LogP contribution in [-0.2, 0) is 12.8 Å². The van der Waals surface area contributed by atoms with Crippen molar-refractivity contribution in [2.75, 3.05) is 0 Å². The predicted octanol–water partition coefficient (Wildman–Crippen LogP) is 3.32. The zero-order valence-corrected chi connectivity index (χ0v) is 11.8. The van der Waals surface area contributed by atoms with Crippen molar-refractivity contribution in [3.05, 3.63) is 24.0 Å². The summed E-state index contributed by atoms with van der Waals surface area (Å²) in [7, 11) is 1.42. The molecule has 0 aliphatic carbocycles. The molecule has 1 aromatic heterocycles. The van der Waals surface area contributed by atoms with E-state index in [4.69, 9.17) is 45.5 Å². The normalized spacial score (nSPS) is 13.2. The van der Waals surface area contributed by atoms with Crippen molar-refractivity contribution in [3.63, 3.8) is 0 Å². The van der Waals surface area contributed by atoms with Gasteiger partial charge in [-0.05, 0) is 18.2 Å². The van der Waals surface area contributed by atoms with Crippen LogP contribution in [-0.4, -0.2) is 18.4 Å². The van der Waals surface area contributed by atoms with E-state index in [0.717, 1.165) is 0 Å². The van der Waals surface area contributed by atoms with Crippen LogP contribution in [0.25, 0.3) is 11.0 Å². The summed E-state index contributed by atoms with van der Waals surface area (Å²) >= 11 is 17.0. The molecule has 0 atom stereocenters. The highest BCUT2D eigenvalue weighted by Crippen LogP contribution is 2.37. The van der Waals surface area contributed by atoms with Crippen LogP contribution in [0.15, 0.2) is 23.1 Å². The van der Waals surface area contributed by atoms with Crippen LogP contribution in [0.2, 0.25) is 0 Å². The van der Waals surface area contributed by atoms with E-state index in [9.17, 15) is 8.42 Å². The molecule has 0 spiro atoms. The standard InChI is InChI=1S/C8H4Cl4N2O2S/c9-8(10,11)7-13-5-2-1-4(17(12,15)16)3-6(5)14-7/h1-3H,(H,13,14). The monoisotopic (exact) mass is 332 g/mol. The van der Waals surface area contributed by atoms with Crippen LogP contribution in [0.3, 0.4) is 0 Å². The third-order valence-electron chi connectivity index (χ3n) is 2.00. The molecular formula is C8H4Cl4N2O2S. The summed E-state index contributed by atoms with van der Waals surface area (Å²) in [4.78, 5) is 6.69. The highest BCUT2D eigenvalue weighted by atomic mass is 35.7. The number of halogens is 4. The average molecular weight is 334 g/mol. The lowest BCUT2D eigenvalue weighted by Gasteiger charge is -2.04. The van der Waals surface area contributed by atoms with Crippen molar-refractivity contribution in [2.24, 2.45) is 0 Å². The summed E-state index contributed by atoms with van der Waals surface area (Å²) in [5, 5.41) is 0. The fourth-order valence-corrected chi connectivity index (χ4v) is 2.32. The lowest BCUT2D eigenvalue weighted by Crippen LogP contribution is -2.01. The van der Waals surface area contributed by atoms with Gasteiger partial charge in [-0.25, -0.2) is 13.4 Å². The number of rotatable bonds is 1. The molecule has 1 aromatic carbocycles. The summed E-state index contributed by atoms with van der Waals surface area (Å²) in [6, 6.07) is 4.12. The number of nitrogens with zero attached hydrogens (tertiary/aromatic N) is 1. The Hall–Kier alpha value is -0.200. The van der Waals surface area contributed by atoms with Gasteiger partial charge in [-0.2, -0.15) is 0 Å². The molecule has 2 rings (SSSR count). The second kappa shape index (κ2) is 4.17. The van der Waals surface area contributed by atoms with E-state index in [-0.39, 0.29) is 10.7 Å². The van der Waals surface area contributed by atoms with Crippen LogP contribution in [0.1, 0.15) is 5.82 Å². The fraction of sp³-hybridized carbons (Fsp3) is 0.125. The number of aromatic amines is 1. The lowest BCUT2D eigenvalue weighted by atomic mass is 10.3. The minimum absolute atomic E-state index is 0.0498. The molecule has 0 aliphatic heterocycles. The van der Waals surface area contributed by atoms with Gasteiger partial charge in [-0.1, -0.05) is 34.8 Å². The van der Waals surface area contributed by atoms with Crippen LogP contribution < -0.4 is 0 Å². The summed E-state index contributed by atoms with van der Waals surface area (Å²) in [6.45, 7) is 0. The summed E-state index contributed by atoms with van der Waals surface area (Å²) in [6.07, 6.45) is 0. The Labute approximate surface area is 116 Å². The van der Waals surface area contributed by atoms with Gasteiger partial charge < -0.3 is 4.98 Å². The molecular weight excluding hydrogens is 330 g/mol.